The Morgan fingerprint density at radius 3 is 2.21 bits per heavy atom. The second-order valence-corrected chi connectivity index (χ2v) is 3.91. The van der Waals surface area contributed by atoms with Gasteiger partial charge in [0.25, 0.3) is 0 Å². The number of hydrogen-bond acceptors (Lipinski definition) is 2. The van der Waals surface area contributed by atoms with Crippen molar-refractivity contribution in [1.82, 2.24) is 0 Å². The smallest absolute Gasteiger partial charge is 0.395 e. The fourth-order valence-electron chi connectivity index (χ4n) is 1.04. The zero-order valence-electron chi connectivity index (χ0n) is 7.16. The molecule has 0 aliphatic rings. The van der Waals surface area contributed by atoms with E-state index in [9.17, 15) is 13.2 Å². The molecule has 1 aromatic carbocycles. The first-order chi connectivity index (χ1) is 6.53. The van der Waals surface area contributed by atoms with Gasteiger partial charge in [0.05, 0.1) is 11.9 Å². The standard InChI is InChI=1S/C9H9F3OS/c10-9(11,12)14-8(6-13)7-4-2-1-3-5-7/h1-5,8,13H,6H2/t8-/m0/s1. The highest BCUT2D eigenvalue weighted by Crippen LogP contribution is 2.41. The zero-order chi connectivity index (χ0) is 10.6. The molecule has 0 aliphatic carbocycles. The molecule has 1 atom stereocenters. The molecule has 14 heavy (non-hydrogen) atoms. The number of halogens is 3. The van der Waals surface area contributed by atoms with Crippen molar-refractivity contribution < 1.29 is 18.3 Å². The SMILES string of the molecule is OC[C@H](SC(F)(F)F)c1ccccc1. The molecular formula is C9H9F3OS. The number of rotatable bonds is 3. The van der Waals surface area contributed by atoms with Crippen LogP contribution in [0.2, 0.25) is 0 Å². The van der Waals surface area contributed by atoms with Crippen molar-refractivity contribution in [2.75, 3.05) is 6.61 Å². The molecule has 1 rings (SSSR count). The molecule has 0 saturated carbocycles. The van der Waals surface area contributed by atoms with E-state index in [1.165, 1.54) is 0 Å². The third kappa shape index (κ3) is 3.59. The normalized spacial score (nSPS) is 14.0. The number of aliphatic hydroxyl groups is 1. The number of thioether (sulfide) groups is 1. The van der Waals surface area contributed by atoms with E-state index in [0.717, 1.165) is 0 Å². The average molecular weight is 222 g/mol. The molecule has 1 aromatic rings. The van der Waals surface area contributed by atoms with E-state index in [0.29, 0.717) is 5.56 Å². The predicted molar refractivity (Wildman–Crippen MR) is 49.9 cm³/mol. The van der Waals surface area contributed by atoms with E-state index in [1.54, 1.807) is 30.3 Å². The molecule has 0 spiro atoms. The summed E-state index contributed by atoms with van der Waals surface area (Å²) in [4.78, 5) is 0. The van der Waals surface area contributed by atoms with Crippen molar-refractivity contribution in [1.29, 1.82) is 0 Å². The average Bonchev–Trinajstić information content (AvgIpc) is 2.14. The molecule has 1 N–H and O–H groups in total. The number of alkyl halides is 3. The van der Waals surface area contributed by atoms with Crippen LogP contribution in [0.1, 0.15) is 10.8 Å². The van der Waals surface area contributed by atoms with Crippen LogP contribution in [0.5, 0.6) is 0 Å². The maximum absolute atomic E-state index is 12.0. The predicted octanol–water partition coefficient (Wildman–Crippen LogP) is 2.97. The first kappa shape index (κ1) is 11.4. The number of benzene rings is 1. The van der Waals surface area contributed by atoms with Crippen LogP contribution in [0.25, 0.3) is 0 Å². The van der Waals surface area contributed by atoms with Gasteiger partial charge in [0.1, 0.15) is 0 Å². The Kier molecular flexibility index (Phi) is 3.83. The second kappa shape index (κ2) is 4.70. The zero-order valence-corrected chi connectivity index (χ0v) is 7.98. The summed E-state index contributed by atoms with van der Waals surface area (Å²) in [5, 5.41) is 7.89. The molecule has 0 radical (unpaired) electrons. The summed E-state index contributed by atoms with van der Waals surface area (Å²) in [5.41, 5.74) is -3.83. The minimum absolute atomic E-state index is 0.195. The van der Waals surface area contributed by atoms with Gasteiger partial charge in [-0.3, -0.25) is 0 Å². The molecular weight excluding hydrogens is 213 g/mol. The lowest BCUT2D eigenvalue weighted by molar-refractivity contribution is -0.0337. The van der Waals surface area contributed by atoms with E-state index < -0.39 is 17.4 Å². The van der Waals surface area contributed by atoms with Crippen LogP contribution in [0.4, 0.5) is 13.2 Å². The maximum atomic E-state index is 12.0. The minimum atomic E-state index is -4.32. The lowest BCUT2D eigenvalue weighted by atomic mass is 10.2. The summed E-state index contributed by atoms with van der Waals surface area (Å²) in [6.45, 7) is -0.520. The lowest BCUT2D eigenvalue weighted by Crippen LogP contribution is -2.09. The minimum Gasteiger partial charge on any atom is -0.395 e. The molecule has 0 unspecified atom stereocenters. The monoisotopic (exact) mass is 222 g/mol. The van der Waals surface area contributed by atoms with E-state index in [-0.39, 0.29) is 11.8 Å². The Hall–Kier alpha value is -0.680. The van der Waals surface area contributed by atoms with Crippen molar-refractivity contribution in [3.05, 3.63) is 35.9 Å². The van der Waals surface area contributed by atoms with E-state index in [1.807, 2.05) is 0 Å². The van der Waals surface area contributed by atoms with Gasteiger partial charge in [-0.05, 0) is 17.3 Å². The van der Waals surface area contributed by atoms with Gasteiger partial charge in [-0.2, -0.15) is 13.2 Å². The first-order valence-electron chi connectivity index (χ1n) is 3.93. The Labute approximate surface area is 83.9 Å². The molecule has 1 nitrogen and oxygen atoms in total. The molecule has 0 fully saturated rings. The summed E-state index contributed by atoms with van der Waals surface area (Å²) in [7, 11) is 0. The quantitative estimate of drug-likeness (QED) is 0.848. The molecule has 0 aromatic heterocycles. The second-order valence-electron chi connectivity index (χ2n) is 2.65. The van der Waals surface area contributed by atoms with Crippen molar-refractivity contribution in [3.63, 3.8) is 0 Å². The van der Waals surface area contributed by atoms with Crippen LogP contribution < -0.4 is 0 Å². The van der Waals surface area contributed by atoms with Crippen LogP contribution in [0.3, 0.4) is 0 Å². The number of aliphatic hydroxyl groups excluding tert-OH is 1. The fourth-order valence-corrected chi connectivity index (χ4v) is 1.73. The van der Waals surface area contributed by atoms with Gasteiger partial charge in [-0.25, -0.2) is 0 Å². The molecule has 0 saturated heterocycles. The molecule has 0 heterocycles. The Morgan fingerprint density at radius 2 is 1.79 bits per heavy atom. The van der Waals surface area contributed by atoms with Gasteiger partial charge in [-0.15, -0.1) is 0 Å². The molecule has 5 heteroatoms. The van der Waals surface area contributed by atoms with Gasteiger partial charge in [0, 0.05) is 0 Å². The highest BCUT2D eigenvalue weighted by Gasteiger charge is 2.33. The van der Waals surface area contributed by atoms with Crippen LogP contribution >= 0.6 is 11.8 Å². The van der Waals surface area contributed by atoms with E-state index in [2.05, 4.69) is 0 Å². The number of hydrogen-bond donors (Lipinski definition) is 1. The fraction of sp³-hybridized carbons (Fsp3) is 0.333. The lowest BCUT2D eigenvalue weighted by Gasteiger charge is -2.15. The molecule has 0 bridgehead atoms. The van der Waals surface area contributed by atoms with E-state index >= 15 is 0 Å². The van der Waals surface area contributed by atoms with Crippen LogP contribution in [0, 0.1) is 0 Å². The van der Waals surface area contributed by atoms with Gasteiger partial charge in [-0.1, -0.05) is 30.3 Å². The molecule has 78 valence electrons. The Bertz CT molecular complexity index is 273. The van der Waals surface area contributed by atoms with Crippen molar-refractivity contribution >= 4 is 11.8 Å². The van der Waals surface area contributed by atoms with Crippen molar-refractivity contribution in [2.45, 2.75) is 10.8 Å². The van der Waals surface area contributed by atoms with Gasteiger partial charge < -0.3 is 5.11 Å². The first-order valence-corrected chi connectivity index (χ1v) is 4.81. The molecule has 0 amide bonds. The van der Waals surface area contributed by atoms with Crippen molar-refractivity contribution in [3.8, 4) is 0 Å². The topological polar surface area (TPSA) is 20.2 Å². The third-order valence-electron chi connectivity index (χ3n) is 1.61. The Balaban J connectivity index is 2.73. The summed E-state index contributed by atoms with van der Waals surface area (Å²) in [6, 6.07) is 8.15. The summed E-state index contributed by atoms with van der Waals surface area (Å²) in [5.74, 6) is 0. The summed E-state index contributed by atoms with van der Waals surface area (Å²) >= 11 is -0.195. The van der Waals surface area contributed by atoms with Crippen molar-refractivity contribution in [2.24, 2.45) is 0 Å². The highest BCUT2D eigenvalue weighted by atomic mass is 32.2. The summed E-state index contributed by atoms with van der Waals surface area (Å²) in [6.07, 6.45) is 0. The van der Waals surface area contributed by atoms with Gasteiger partial charge >= 0.3 is 5.51 Å². The largest absolute Gasteiger partial charge is 0.442 e. The Morgan fingerprint density at radius 1 is 1.21 bits per heavy atom. The maximum Gasteiger partial charge on any atom is 0.442 e. The van der Waals surface area contributed by atoms with Crippen LogP contribution in [-0.4, -0.2) is 17.2 Å². The third-order valence-corrected chi connectivity index (χ3v) is 2.59. The van der Waals surface area contributed by atoms with Gasteiger partial charge in [0.15, 0.2) is 0 Å². The van der Waals surface area contributed by atoms with Crippen LogP contribution in [0.15, 0.2) is 30.3 Å². The van der Waals surface area contributed by atoms with Crippen LogP contribution in [-0.2, 0) is 0 Å². The molecule has 0 aliphatic heterocycles. The van der Waals surface area contributed by atoms with Gasteiger partial charge in [0.2, 0.25) is 0 Å². The summed E-state index contributed by atoms with van der Waals surface area (Å²) < 4.78 is 36.1. The van der Waals surface area contributed by atoms with E-state index in [4.69, 9.17) is 5.11 Å². The highest BCUT2D eigenvalue weighted by molar-refractivity contribution is 8.00.